The summed E-state index contributed by atoms with van der Waals surface area (Å²) in [6.45, 7) is 12.2. The zero-order valence-corrected chi connectivity index (χ0v) is 10.7. The predicted molar refractivity (Wildman–Crippen MR) is 67.9 cm³/mol. The van der Waals surface area contributed by atoms with E-state index in [1.165, 1.54) is 11.1 Å². The predicted octanol–water partition coefficient (Wildman–Crippen LogP) is 4.09. The van der Waals surface area contributed by atoms with Crippen LogP contribution in [0.4, 0.5) is 0 Å². The van der Waals surface area contributed by atoms with Gasteiger partial charge in [-0.2, -0.15) is 0 Å². The van der Waals surface area contributed by atoms with Gasteiger partial charge in [0.15, 0.2) is 0 Å². The monoisotopic (exact) mass is 210 g/mol. The molecule has 1 N–H and O–H groups in total. The smallest absolute Gasteiger partial charge is 0.0566 e. The van der Waals surface area contributed by atoms with Crippen molar-refractivity contribution in [1.29, 1.82) is 0 Å². The molecular formula is C14H26O. The van der Waals surface area contributed by atoms with Crippen molar-refractivity contribution < 1.29 is 5.11 Å². The van der Waals surface area contributed by atoms with Crippen molar-refractivity contribution in [2.45, 2.75) is 59.5 Å². The Kier molecular flexibility index (Phi) is 7.41. The van der Waals surface area contributed by atoms with E-state index in [0.717, 1.165) is 25.7 Å². The number of allylic oxidation sites excluding steroid dienone is 3. The van der Waals surface area contributed by atoms with Crippen molar-refractivity contribution in [2.75, 3.05) is 0 Å². The van der Waals surface area contributed by atoms with Crippen LogP contribution in [0.1, 0.15) is 53.4 Å². The number of rotatable bonds is 7. The molecule has 0 bridgehead atoms. The summed E-state index contributed by atoms with van der Waals surface area (Å²) in [4.78, 5) is 0. The summed E-state index contributed by atoms with van der Waals surface area (Å²) < 4.78 is 0. The fourth-order valence-electron chi connectivity index (χ4n) is 1.38. The van der Waals surface area contributed by atoms with Gasteiger partial charge in [-0.3, -0.25) is 0 Å². The lowest BCUT2D eigenvalue weighted by molar-refractivity contribution is 0.116. The first-order valence-corrected chi connectivity index (χ1v) is 5.91. The van der Waals surface area contributed by atoms with Crippen LogP contribution in [0, 0.1) is 5.92 Å². The largest absolute Gasteiger partial charge is 0.393 e. The molecule has 0 fully saturated rings. The Bertz CT molecular complexity index is 213. The van der Waals surface area contributed by atoms with Gasteiger partial charge in [-0.15, -0.1) is 6.58 Å². The molecule has 0 spiro atoms. The van der Waals surface area contributed by atoms with Crippen molar-refractivity contribution in [2.24, 2.45) is 5.92 Å². The third-order valence-electron chi connectivity index (χ3n) is 2.67. The molecule has 1 heteroatoms. The molecule has 0 amide bonds. The summed E-state index contributed by atoms with van der Waals surface area (Å²) in [5.41, 5.74) is 2.62. The van der Waals surface area contributed by atoms with Crippen molar-refractivity contribution in [3.63, 3.8) is 0 Å². The van der Waals surface area contributed by atoms with E-state index >= 15 is 0 Å². The molecule has 15 heavy (non-hydrogen) atoms. The van der Waals surface area contributed by atoms with Gasteiger partial charge in [-0.05, 0) is 45.4 Å². The first-order chi connectivity index (χ1) is 6.93. The molecule has 88 valence electrons. The molecule has 0 radical (unpaired) electrons. The van der Waals surface area contributed by atoms with Gasteiger partial charge in [-0.1, -0.05) is 31.1 Å². The van der Waals surface area contributed by atoms with Gasteiger partial charge < -0.3 is 5.11 Å². The van der Waals surface area contributed by atoms with Crippen LogP contribution in [-0.2, 0) is 0 Å². The van der Waals surface area contributed by atoms with Crippen LogP contribution in [-0.4, -0.2) is 11.2 Å². The lowest BCUT2D eigenvalue weighted by Gasteiger charge is -2.14. The Morgan fingerprint density at radius 3 is 2.33 bits per heavy atom. The number of hydrogen-bond donors (Lipinski definition) is 1. The minimum atomic E-state index is -0.158. The van der Waals surface area contributed by atoms with E-state index in [2.05, 4.69) is 40.3 Å². The molecular weight excluding hydrogens is 184 g/mol. The quantitative estimate of drug-likeness (QED) is 0.628. The van der Waals surface area contributed by atoms with Crippen molar-refractivity contribution >= 4 is 0 Å². The van der Waals surface area contributed by atoms with Gasteiger partial charge in [0.05, 0.1) is 6.10 Å². The Labute approximate surface area is 94.9 Å². The van der Waals surface area contributed by atoms with Crippen molar-refractivity contribution in [1.82, 2.24) is 0 Å². The topological polar surface area (TPSA) is 20.2 Å². The standard InChI is InChI=1S/C14H26O/c1-11(2)7-6-8-13(5)9-10-14(15)12(3)4/h8,12,14-15H,1,6-7,9-10H2,2-5H3/b13-8+. The molecule has 0 aliphatic heterocycles. The highest BCUT2D eigenvalue weighted by Gasteiger charge is 2.08. The Hall–Kier alpha value is -0.560. The number of aliphatic hydroxyl groups is 1. The highest BCUT2D eigenvalue weighted by atomic mass is 16.3. The van der Waals surface area contributed by atoms with E-state index in [4.69, 9.17) is 0 Å². The van der Waals surface area contributed by atoms with Crippen LogP contribution in [0.2, 0.25) is 0 Å². The SMILES string of the molecule is C=C(C)CC/C=C(\C)CCC(O)C(C)C. The summed E-state index contributed by atoms with van der Waals surface area (Å²) in [7, 11) is 0. The van der Waals surface area contributed by atoms with Crippen molar-refractivity contribution in [3.05, 3.63) is 23.8 Å². The van der Waals surface area contributed by atoms with Gasteiger partial charge in [0.25, 0.3) is 0 Å². The molecule has 0 aromatic heterocycles. The fraction of sp³-hybridized carbons (Fsp3) is 0.714. The molecule has 0 aromatic carbocycles. The van der Waals surface area contributed by atoms with E-state index < -0.39 is 0 Å². The summed E-state index contributed by atoms with van der Waals surface area (Å²) >= 11 is 0. The van der Waals surface area contributed by atoms with Gasteiger partial charge in [0, 0.05) is 0 Å². The van der Waals surface area contributed by atoms with E-state index in [9.17, 15) is 5.11 Å². The van der Waals surface area contributed by atoms with Gasteiger partial charge >= 0.3 is 0 Å². The first-order valence-electron chi connectivity index (χ1n) is 5.91. The highest BCUT2D eigenvalue weighted by Crippen LogP contribution is 2.14. The second-order valence-electron chi connectivity index (χ2n) is 4.90. The van der Waals surface area contributed by atoms with Crippen LogP contribution in [0.25, 0.3) is 0 Å². The molecule has 1 atom stereocenters. The lowest BCUT2D eigenvalue weighted by Crippen LogP contribution is -2.14. The molecule has 0 aliphatic carbocycles. The summed E-state index contributed by atoms with van der Waals surface area (Å²) in [6.07, 6.45) is 6.15. The lowest BCUT2D eigenvalue weighted by atomic mass is 9.99. The molecule has 0 saturated carbocycles. The Morgan fingerprint density at radius 1 is 1.27 bits per heavy atom. The number of aliphatic hydroxyl groups excluding tert-OH is 1. The first kappa shape index (κ1) is 14.4. The normalized spacial score (nSPS) is 14.4. The second-order valence-corrected chi connectivity index (χ2v) is 4.90. The fourth-order valence-corrected chi connectivity index (χ4v) is 1.38. The van der Waals surface area contributed by atoms with Crippen LogP contribution in [0.5, 0.6) is 0 Å². The maximum atomic E-state index is 9.65. The Morgan fingerprint density at radius 2 is 1.87 bits per heavy atom. The molecule has 0 saturated heterocycles. The van der Waals surface area contributed by atoms with Gasteiger partial charge in [-0.25, -0.2) is 0 Å². The molecule has 0 aromatic rings. The summed E-state index contributed by atoms with van der Waals surface area (Å²) in [5.74, 6) is 0.369. The molecule has 0 heterocycles. The number of hydrogen-bond acceptors (Lipinski definition) is 1. The summed E-state index contributed by atoms with van der Waals surface area (Å²) in [5, 5.41) is 9.65. The molecule has 0 rings (SSSR count). The van der Waals surface area contributed by atoms with Gasteiger partial charge in [0.1, 0.15) is 0 Å². The van der Waals surface area contributed by atoms with Crippen LogP contribution in [0.3, 0.4) is 0 Å². The van der Waals surface area contributed by atoms with Crippen molar-refractivity contribution in [3.8, 4) is 0 Å². The van der Waals surface area contributed by atoms with E-state index in [1.807, 2.05) is 0 Å². The molecule has 1 unspecified atom stereocenters. The summed E-state index contributed by atoms with van der Waals surface area (Å²) in [6, 6.07) is 0. The van der Waals surface area contributed by atoms with E-state index in [1.54, 1.807) is 0 Å². The highest BCUT2D eigenvalue weighted by molar-refractivity contribution is 5.01. The maximum Gasteiger partial charge on any atom is 0.0566 e. The zero-order valence-electron chi connectivity index (χ0n) is 10.7. The van der Waals surface area contributed by atoms with Crippen LogP contribution < -0.4 is 0 Å². The van der Waals surface area contributed by atoms with Crippen LogP contribution >= 0.6 is 0 Å². The average Bonchev–Trinajstić information content (AvgIpc) is 2.13. The van der Waals surface area contributed by atoms with E-state index in [-0.39, 0.29) is 6.10 Å². The average molecular weight is 210 g/mol. The second kappa shape index (κ2) is 7.70. The van der Waals surface area contributed by atoms with Gasteiger partial charge in [0.2, 0.25) is 0 Å². The third kappa shape index (κ3) is 8.44. The zero-order chi connectivity index (χ0) is 11.8. The third-order valence-corrected chi connectivity index (χ3v) is 2.67. The molecule has 0 aliphatic rings. The minimum absolute atomic E-state index is 0.158. The molecule has 1 nitrogen and oxygen atoms in total. The van der Waals surface area contributed by atoms with E-state index in [0.29, 0.717) is 5.92 Å². The maximum absolute atomic E-state index is 9.65. The Balaban J connectivity index is 3.72. The minimum Gasteiger partial charge on any atom is -0.393 e. The van der Waals surface area contributed by atoms with Crippen LogP contribution in [0.15, 0.2) is 23.8 Å².